The molecule has 108 valence electrons. The SMILES string of the molecule is CC[C@H](CC(F)(F)F)n1cnnc1-c1cccc(Br)n1. The van der Waals surface area contributed by atoms with Crippen LogP contribution in [0.1, 0.15) is 25.8 Å². The Morgan fingerprint density at radius 1 is 1.35 bits per heavy atom. The van der Waals surface area contributed by atoms with Gasteiger partial charge in [0.25, 0.3) is 0 Å². The fourth-order valence-corrected chi connectivity index (χ4v) is 2.28. The lowest BCUT2D eigenvalue weighted by Crippen LogP contribution is -2.18. The third-order valence-corrected chi connectivity index (χ3v) is 3.29. The highest BCUT2D eigenvalue weighted by atomic mass is 79.9. The van der Waals surface area contributed by atoms with E-state index in [1.165, 1.54) is 10.9 Å². The van der Waals surface area contributed by atoms with Gasteiger partial charge >= 0.3 is 6.18 Å². The lowest BCUT2D eigenvalue weighted by atomic mass is 10.1. The molecule has 0 aliphatic carbocycles. The highest BCUT2D eigenvalue weighted by Crippen LogP contribution is 2.32. The van der Waals surface area contributed by atoms with Crippen LogP contribution in [0.5, 0.6) is 0 Å². The Morgan fingerprint density at radius 3 is 2.70 bits per heavy atom. The molecule has 2 heterocycles. The van der Waals surface area contributed by atoms with Crippen molar-refractivity contribution in [3.8, 4) is 11.5 Å². The van der Waals surface area contributed by atoms with Crippen molar-refractivity contribution < 1.29 is 13.2 Å². The molecule has 20 heavy (non-hydrogen) atoms. The average molecular weight is 349 g/mol. The molecule has 0 aliphatic rings. The van der Waals surface area contributed by atoms with Gasteiger partial charge in [0.15, 0.2) is 5.82 Å². The van der Waals surface area contributed by atoms with E-state index in [2.05, 4.69) is 31.1 Å². The second-order valence-corrected chi connectivity index (χ2v) is 5.10. The van der Waals surface area contributed by atoms with Gasteiger partial charge < -0.3 is 4.57 Å². The van der Waals surface area contributed by atoms with Gasteiger partial charge in [0.2, 0.25) is 0 Å². The van der Waals surface area contributed by atoms with Crippen LogP contribution in [0.2, 0.25) is 0 Å². The lowest BCUT2D eigenvalue weighted by Gasteiger charge is -2.19. The molecule has 0 aliphatic heterocycles. The number of aromatic nitrogens is 4. The van der Waals surface area contributed by atoms with E-state index >= 15 is 0 Å². The van der Waals surface area contributed by atoms with Gasteiger partial charge in [-0.2, -0.15) is 13.2 Å². The van der Waals surface area contributed by atoms with Crippen molar-refractivity contribution in [2.45, 2.75) is 32.0 Å². The van der Waals surface area contributed by atoms with Gasteiger partial charge in [0.05, 0.1) is 6.42 Å². The van der Waals surface area contributed by atoms with Crippen LogP contribution in [-0.4, -0.2) is 25.9 Å². The van der Waals surface area contributed by atoms with Crippen molar-refractivity contribution in [3.63, 3.8) is 0 Å². The van der Waals surface area contributed by atoms with E-state index in [-0.39, 0.29) is 0 Å². The number of rotatable bonds is 4. The maximum atomic E-state index is 12.6. The summed E-state index contributed by atoms with van der Waals surface area (Å²) in [6, 6.07) is 4.43. The van der Waals surface area contributed by atoms with Crippen LogP contribution < -0.4 is 0 Å². The summed E-state index contributed by atoms with van der Waals surface area (Å²) in [4.78, 5) is 4.20. The molecular weight excluding hydrogens is 337 g/mol. The molecule has 4 nitrogen and oxygen atoms in total. The van der Waals surface area contributed by atoms with E-state index in [0.717, 1.165) is 0 Å². The summed E-state index contributed by atoms with van der Waals surface area (Å²) < 4.78 is 39.8. The van der Waals surface area contributed by atoms with E-state index in [1.54, 1.807) is 25.1 Å². The highest BCUT2D eigenvalue weighted by Gasteiger charge is 2.33. The van der Waals surface area contributed by atoms with Crippen LogP contribution in [-0.2, 0) is 0 Å². The molecule has 2 aromatic heterocycles. The Labute approximate surface area is 122 Å². The fraction of sp³-hybridized carbons (Fsp3) is 0.417. The maximum Gasteiger partial charge on any atom is 0.391 e. The summed E-state index contributed by atoms with van der Waals surface area (Å²) >= 11 is 3.23. The third kappa shape index (κ3) is 3.56. The number of halogens is 4. The first-order valence-electron chi connectivity index (χ1n) is 6.00. The molecule has 2 aromatic rings. The summed E-state index contributed by atoms with van der Waals surface area (Å²) in [7, 11) is 0. The molecule has 2 rings (SSSR count). The van der Waals surface area contributed by atoms with Crippen LogP contribution in [0.15, 0.2) is 29.1 Å². The molecule has 0 spiro atoms. The number of alkyl halides is 3. The molecule has 0 unspecified atom stereocenters. The Morgan fingerprint density at radius 2 is 2.10 bits per heavy atom. The quantitative estimate of drug-likeness (QED) is 0.784. The molecule has 0 saturated carbocycles. The minimum Gasteiger partial charge on any atom is -0.309 e. The monoisotopic (exact) mass is 348 g/mol. The normalized spacial score (nSPS) is 13.4. The standard InChI is InChI=1S/C12H12BrF3N4/c1-2-8(6-12(14,15)16)20-7-17-19-11(20)9-4-3-5-10(13)18-9/h3-5,7-8H,2,6H2,1H3/t8-/m1/s1. The molecule has 0 saturated heterocycles. The predicted octanol–water partition coefficient (Wildman–Crippen LogP) is 4.01. The largest absolute Gasteiger partial charge is 0.391 e. The molecule has 0 aromatic carbocycles. The van der Waals surface area contributed by atoms with Crippen LogP contribution in [0.25, 0.3) is 11.5 Å². The number of pyridine rings is 1. The van der Waals surface area contributed by atoms with E-state index in [1.807, 2.05) is 0 Å². The summed E-state index contributed by atoms with van der Waals surface area (Å²) in [6.45, 7) is 1.70. The minimum atomic E-state index is -4.23. The van der Waals surface area contributed by atoms with Gasteiger partial charge in [-0.25, -0.2) is 4.98 Å². The van der Waals surface area contributed by atoms with Gasteiger partial charge in [-0.15, -0.1) is 10.2 Å². The first-order valence-corrected chi connectivity index (χ1v) is 6.79. The minimum absolute atomic E-state index is 0.332. The first kappa shape index (κ1) is 15.0. The zero-order chi connectivity index (χ0) is 14.8. The maximum absolute atomic E-state index is 12.6. The molecule has 0 fully saturated rings. The summed E-state index contributed by atoms with van der Waals surface area (Å²) in [5.74, 6) is 0.336. The smallest absolute Gasteiger partial charge is 0.309 e. The Bertz CT molecular complexity index is 582. The van der Waals surface area contributed by atoms with Gasteiger partial charge in [-0.05, 0) is 34.5 Å². The number of nitrogens with zero attached hydrogens (tertiary/aromatic N) is 4. The molecular formula is C12H12BrF3N4. The Kier molecular flexibility index (Phi) is 4.42. The second-order valence-electron chi connectivity index (χ2n) is 4.29. The Balaban J connectivity index is 2.36. The van der Waals surface area contributed by atoms with Crippen molar-refractivity contribution >= 4 is 15.9 Å². The fourth-order valence-electron chi connectivity index (χ4n) is 1.93. The lowest BCUT2D eigenvalue weighted by molar-refractivity contribution is -0.143. The van der Waals surface area contributed by atoms with E-state index < -0.39 is 18.6 Å². The van der Waals surface area contributed by atoms with Crippen LogP contribution in [0.4, 0.5) is 13.2 Å². The zero-order valence-corrected chi connectivity index (χ0v) is 12.2. The van der Waals surface area contributed by atoms with Gasteiger partial charge in [-0.3, -0.25) is 0 Å². The average Bonchev–Trinajstić information content (AvgIpc) is 2.84. The van der Waals surface area contributed by atoms with Crippen molar-refractivity contribution in [1.82, 2.24) is 19.7 Å². The first-order chi connectivity index (χ1) is 9.40. The van der Waals surface area contributed by atoms with Crippen LogP contribution in [0, 0.1) is 0 Å². The van der Waals surface area contributed by atoms with Gasteiger partial charge in [0.1, 0.15) is 16.6 Å². The molecule has 0 radical (unpaired) electrons. The number of hydrogen-bond donors (Lipinski definition) is 0. The highest BCUT2D eigenvalue weighted by molar-refractivity contribution is 9.10. The van der Waals surface area contributed by atoms with E-state index in [9.17, 15) is 13.2 Å². The Hall–Kier alpha value is -1.44. The van der Waals surface area contributed by atoms with E-state index in [4.69, 9.17) is 0 Å². The van der Waals surface area contributed by atoms with Crippen molar-refractivity contribution in [1.29, 1.82) is 0 Å². The number of hydrogen-bond acceptors (Lipinski definition) is 3. The van der Waals surface area contributed by atoms with E-state index in [0.29, 0.717) is 22.5 Å². The van der Waals surface area contributed by atoms with Crippen molar-refractivity contribution in [3.05, 3.63) is 29.1 Å². The summed E-state index contributed by atoms with van der Waals surface area (Å²) in [5, 5.41) is 7.61. The van der Waals surface area contributed by atoms with Gasteiger partial charge in [-0.1, -0.05) is 13.0 Å². The predicted molar refractivity (Wildman–Crippen MR) is 71.0 cm³/mol. The zero-order valence-electron chi connectivity index (χ0n) is 10.6. The third-order valence-electron chi connectivity index (χ3n) is 2.85. The summed E-state index contributed by atoms with van der Waals surface area (Å²) in [6.07, 6.45) is -3.49. The van der Waals surface area contributed by atoms with Gasteiger partial charge in [0, 0.05) is 6.04 Å². The topological polar surface area (TPSA) is 43.6 Å². The molecule has 0 amide bonds. The van der Waals surface area contributed by atoms with Crippen molar-refractivity contribution in [2.75, 3.05) is 0 Å². The second kappa shape index (κ2) is 5.90. The molecule has 1 atom stereocenters. The van der Waals surface area contributed by atoms with Crippen LogP contribution >= 0.6 is 15.9 Å². The molecule has 0 bridgehead atoms. The summed E-state index contributed by atoms with van der Waals surface area (Å²) in [5.41, 5.74) is 0.484. The molecule has 0 N–H and O–H groups in total. The molecule has 8 heteroatoms. The van der Waals surface area contributed by atoms with Crippen LogP contribution in [0.3, 0.4) is 0 Å². The van der Waals surface area contributed by atoms with Crippen molar-refractivity contribution in [2.24, 2.45) is 0 Å².